The molecule has 4 aromatic rings. The summed E-state index contributed by atoms with van der Waals surface area (Å²) >= 11 is 7.33. The van der Waals surface area contributed by atoms with E-state index in [4.69, 9.17) is 16.0 Å². The van der Waals surface area contributed by atoms with Gasteiger partial charge in [-0.15, -0.1) is 10.2 Å². The van der Waals surface area contributed by atoms with Crippen LogP contribution in [0.15, 0.2) is 64.3 Å². The average molecular weight is 401 g/mol. The van der Waals surface area contributed by atoms with Crippen molar-refractivity contribution in [2.75, 3.05) is 0 Å². The van der Waals surface area contributed by atoms with Gasteiger partial charge in [-0.2, -0.15) is 0 Å². The Hall–Kier alpha value is -2.64. The quantitative estimate of drug-likeness (QED) is 0.430. The first-order valence-electron chi connectivity index (χ1n) is 8.09. The minimum Gasteiger partial charge on any atom is -0.440 e. The first-order chi connectivity index (χ1) is 13.1. The highest BCUT2D eigenvalue weighted by Gasteiger charge is 2.15. The third kappa shape index (κ3) is 3.74. The number of thioether (sulfide) groups is 1. The number of hydrogen-bond donors (Lipinski definition) is 0. The summed E-state index contributed by atoms with van der Waals surface area (Å²) in [5.41, 5.74) is 1.32. The molecule has 8 heteroatoms. The molecule has 136 valence electrons. The zero-order valence-corrected chi connectivity index (χ0v) is 15.8. The molecule has 27 heavy (non-hydrogen) atoms. The van der Waals surface area contributed by atoms with Crippen molar-refractivity contribution in [3.8, 4) is 22.7 Å². The fraction of sp³-hybridized carbons (Fsp3) is 0.105. The zero-order valence-electron chi connectivity index (χ0n) is 14.3. The topological polar surface area (TPSA) is 56.7 Å². The fourth-order valence-electron chi connectivity index (χ4n) is 2.57. The number of hydrogen-bond acceptors (Lipinski definition) is 5. The van der Waals surface area contributed by atoms with Crippen molar-refractivity contribution in [2.24, 2.45) is 7.05 Å². The Morgan fingerprint density at radius 3 is 2.67 bits per heavy atom. The lowest BCUT2D eigenvalue weighted by Crippen LogP contribution is -1.96. The van der Waals surface area contributed by atoms with Gasteiger partial charge in [0.05, 0.1) is 17.5 Å². The maximum absolute atomic E-state index is 14.0. The average Bonchev–Trinajstić information content (AvgIpc) is 3.28. The Labute approximate surface area is 164 Å². The van der Waals surface area contributed by atoms with E-state index in [1.54, 1.807) is 48.1 Å². The van der Waals surface area contributed by atoms with Gasteiger partial charge in [-0.05, 0) is 36.4 Å². The minimum absolute atomic E-state index is 0.329. The Morgan fingerprint density at radius 2 is 1.89 bits per heavy atom. The molecule has 5 nitrogen and oxygen atoms in total. The second-order valence-corrected chi connectivity index (χ2v) is 7.14. The SMILES string of the molecule is Cn1c(SCc2ncc(-c3ccc(Cl)cc3)o2)nnc1-c1ccccc1F. The molecule has 0 saturated heterocycles. The van der Waals surface area contributed by atoms with E-state index < -0.39 is 0 Å². The molecular formula is C19H14ClFN4OS. The molecule has 0 aliphatic heterocycles. The first kappa shape index (κ1) is 17.8. The van der Waals surface area contributed by atoms with Crippen molar-refractivity contribution >= 4 is 23.4 Å². The van der Waals surface area contributed by atoms with Crippen LogP contribution in [-0.2, 0) is 12.8 Å². The third-order valence-electron chi connectivity index (χ3n) is 3.96. The number of aromatic nitrogens is 4. The molecule has 0 fully saturated rings. The Morgan fingerprint density at radius 1 is 1.11 bits per heavy atom. The van der Waals surface area contributed by atoms with E-state index in [1.165, 1.54) is 17.8 Å². The van der Waals surface area contributed by atoms with Gasteiger partial charge in [0, 0.05) is 17.6 Å². The van der Waals surface area contributed by atoms with Crippen molar-refractivity contribution in [3.05, 3.63) is 71.5 Å². The van der Waals surface area contributed by atoms with Gasteiger partial charge < -0.3 is 8.98 Å². The summed E-state index contributed by atoms with van der Waals surface area (Å²) in [7, 11) is 1.80. The number of oxazole rings is 1. The standard InChI is InChI=1S/C19H14ClFN4OS/c1-25-18(14-4-2-3-5-15(14)21)23-24-19(25)27-11-17-22-10-16(26-17)12-6-8-13(20)9-7-12/h2-10H,11H2,1H3. The molecule has 0 spiro atoms. The van der Waals surface area contributed by atoms with Crippen LogP contribution in [0.25, 0.3) is 22.7 Å². The van der Waals surface area contributed by atoms with Crippen molar-refractivity contribution in [1.82, 2.24) is 19.7 Å². The molecule has 0 saturated carbocycles. The molecular weight excluding hydrogens is 387 g/mol. The smallest absolute Gasteiger partial charge is 0.205 e. The van der Waals surface area contributed by atoms with Crippen molar-refractivity contribution in [2.45, 2.75) is 10.9 Å². The zero-order chi connectivity index (χ0) is 18.8. The molecule has 0 radical (unpaired) electrons. The molecule has 0 N–H and O–H groups in total. The summed E-state index contributed by atoms with van der Waals surface area (Å²) in [6.45, 7) is 0. The molecule has 2 aromatic heterocycles. The normalized spacial score (nSPS) is 11.1. The van der Waals surface area contributed by atoms with E-state index in [1.807, 2.05) is 12.1 Å². The predicted molar refractivity (Wildman–Crippen MR) is 103 cm³/mol. The molecule has 4 rings (SSSR count). The van der Waals surface area contributed by atoms with Gasteiger partial charge in [0.2, 0.25) is 5.89 Å². The van der Waals surface area contributed by atoms with Gasteiger partial charge in [-0.25, -0.2) is 9.37 Å². The van der Waals surface area contributed by atoms with Crippen LogP contribution in [0.1, 0.15) is 5.89 Å². The van der Waals surface area contributed by atoms with Crippen molar-refractivity contribution in [1.29, 1.82) is 0 Å². The summed E-state index contributed by atoms with van der Waals surface area (Å²) in [5.74, 6) is 1.87. The van der Waals surface area contributed by atoms with Crippen LogP contribution >= 0.6 is 23.4 Å². The van der Waals surface area contributed by atoms with Gasteiger partial charge in [0.15, 0.2) is 16.7 Å². The number of nitrogens with zero attached hydrogens (tertiary/aromatic N) is 4. The fourth-order valence-corrected chi connectivity index (χ4v) is 3.46. The Kier molecular flexibility index (Phi) is 4.96. The summed E-state index contributed by atoms with van der Waals surface area (Å²) < 4.78 is 21.5. The number of benzene rings is 2. The van der Waals surface area contributed by atoms with Crippen molar-refractivity contribution in [3.63, 3.8) is 0 Å². The van der Waals surface area contributed by atoms with Gasteiger partial charge >= 0.3 is 0 Å². The molecule has 0 amide bonds. The first-order valence-corrected chi connectivity index (χ1v) is 9.46. The van der Waals surface area contributed by atoms with E-state index in [9.17, 15) is 4.39 Å². The molecule has 0 atom stereocenters. The molecule has 0 aliphatic rings. The molecule has 2 heterocycles. The second-order valence-electron chi connectivity index (χ2n) is 5.76. The van der Waals surface area contributed by atoms with Gasteiger partial charge in [0.1, 0.15) is 5.82 Å². The van der Waals surface area contributed by atoms with Gasteiger partial charge in [0.25, 0.3) is 0 Å². The van der Waals surface area contributed by atoms with Crippen LogP contribution in [0, 0.1) is 5.82 Å². The summed E-state index contributed by atoms with van der Waals surface area (Å²) in [4.78, 5) is 4.30. The lowest BCUT2D eigenvalue weighted by atomic mass is 10.2. The van der Waals surface area contributed by atoms with Gasteiger partial charge in [-0.1, -0.05) is 35.5 Å². The van der Waals surface area contributed by atoms with E-state index in [-0.39, 0.29) is 5.82 Å². The third-order valence-corrected chi connectivity index (χ3v) is 5.21. The van der Waals surface area contributed by atoms with Gasteiger partial charge in [-0.3, -0.25) is 0 Å². The van der Waals surface area contributed by atoms with Crippen LogP contribution < -0.4 is 0 Å². The van der Waals surface area contributed by atoms with Crippen LogP contribution in [0.4, 0.5) is 4.39 Å². The maximum atomic E-state index is 14.0. The molecule has 0 bridgehead atoms. The van der Waals surface area contributed by atoms with Crippen molar-refractivity contribution < 1.29 is 8.81 Å². The number of halogens is 2. The van der Waals surface area contributed by atoms with E-state index >= 15 is 0 Å². The molecule has 0 unspecified atom stereocenters. The summed E-state index contributed by atoms with van der Waals surface area (Å²) in [6.07, 6.45) is 1.68. The van der Waals surface area contributed by atoms with E-state index in [0.29, 0.717) is 39.0 Å². The minimum atomic E-state index is -0.329. The molecule has 2 aromatic carbocycles. The predicted octanol–water partition coefficient (Wildman–Crippen LogP) is 5.22. The van der Waals surface area contributed by atoms with Crippen LogP contribution in [-0.4, -0.2) is 19.7 Å². The highest BCUT2D eigenvalue weighted by atomic mass is 35.5. The Balaban J connectivity index is 1.49. The van der Waals surface area contributed by atoms with E-state index in [2.05, 4.69) is 15.2 Å². The highest BCUT2D eigenvalue weighted by Crippen LogP contribution is 2.28. The summed E-state index contributed by atoms with van der Waals surface area (Å²) in [6, 6.07) is 13.9. The molecule has 0 aliphatic carbocycles. The summed E-state index contributed by atoms with van der Waals surface area (Å²) in [5, 5.41) is 9.58. The lowest BCUT2D eigenvalue weighted by Gasteiger charge is -2.04. The van der Waals surface area contributed by atoms with E-state index in [0.717, 1.165) is 5.56 Å². The maximum Gasteiger partial charge on any atom is 0.205 e. The second kappa shape index (κ2) is 7.54. The Bertz CT molecular complexity index is 1080. The number of rotatable bonds is 5. The van der Waals surface area contributed by atoms with Crippen LogP contribution in [0.5, 0.6) is 0 Å². The van der Waals surface area contributed by atoms with Crippen LogP contribution in [0.3, 0.4) is 0 Å². The lowest BCUT2D eigenvalue weighted by molar-refractivity contribution is 0.529. The largest absolute Gasteiger partial charge is 0.440 e. The monoisotopic (exact) mass is 400 g/mol. The highest BCUT2D eigenvalue weighted by molar-refractivity contribution is 7.98. The van der Waals surface area contributed by atoms with Crippen LogP contribution in [0.2, 0.25) is 5.02 Å².